The molecule has 2 aliphatic rings. The number of nitrogens with zero attached hydrogens (tertiary/aromatic N) is 4. The van der Waals surface area contributed by atoms with E-state index in [1.54, 1.807) is 15.4 Å². The average Bonchev–Trinajstić information content (AvgIpc) is 3.19. The predicted molar refractivity (Wildman–Crippen MR) is 127 cm³/mol. The van der Waals surface area contributed by atoms with Crippen molar-refractivity contribution < 1.29 is 13.2 Å². The van der Waals surface area contributed by atoms with Gasteiger partial charge in [-0.3, -0.25) is 4.68 Å². The predicted octanol–water partition coefficient (Wildman–Crippen LogP) is 3.84. The molecule has 2 N–H and O–H groups in total. The summed E-state index contributed by atoms with van der Waals surface area (Å²) < 4.78 is 31.2. The monoisotopic (exact) mass is 476 g/mol. The highest BCUT2D eigenvalue weighted by Crippen LogP contribution is 2.40. The molecule has 1 saturated carbocycles. The molecule has 3 heterocycles. The molecule has 0 atom stereocenters. The summed E-state index contributed by atoms with van der Waals surface area (Å²) in [5.41, 5.74) is 6.69. The van der Waals surface area contributed by atoms with Crippen molar-refractivity contribution in [3.8, 4) is 11.1 Å². The summed E-state index contributed by atoms with van der Waals surface area (Å²) in [5, 5.41) is 11.3. The Morgan fingerprint density at radius 3 is 2.82 bits per heavy atom. The smallest absolute Gasteiger partial charge is 0.306 e. The fraction of sp³-hybridized carbons (Fsp3) is 0.292. The van der Waals surface area contributed by atoms with Crippen LogP contribution in [0.1, 0.15) is 42.0 Å². The molecule has 0 bridgehead atoms. The molecule has 1 aromatic carbocycles. The molecule has 174 valence electrons. The Balaban J connectivity index is 1.35. The third kappa shape index (κ3) is 3.63. The average molecular weight is 477 g/mol. The van der Waals surface area contributed by atoms with Crippen LogP contribution in [0.4, 0.5) is 10.5 Å². The lowest BCUT2D eigenvalue weighted by atomic mass is 9.93. The molecule has 0 aliphatic heterocycles. The van der Waals surface area contributed by atoms with Crippen molar-refractivity contribution in [3.63, 3.8) is 0 Å². The molecule has 0 radical (unpaired) electrons. The number of amides is 2. The first-order valence-electron chi connectivity index (χ1n) is 11.4. The van der Waals surface area contributed by atoms with Crippen molar-refractivity contribution in [1.82, 2.24) is 24.1 Å². The van der Waals surface area contributed by atoms with Gasteiger partial charge in [0.1, 0.15) is 4.90 Å². The minimum Gasteiger partial charge on any atom is -0.306 e. The van der Waals surface area contributed by atoms with Crippen LogP contribution in [0, 0.1) is 6.92 Å². The molecule has 34 heavy (non-hydrogen) atoms. The maximum atomic E-state index is 13.0. The molecule has 10 heteroatoms. The van der Waals surface area contributed by atoms with E-state index in [4.69, 9.17) is 0 Å². The molecule has 6 rings (SSSR count). The lowest BCUT2D eigenvalue weighted by Gasteiger charge is -2.19. The van der Waals surface area contributed by atoms with Gasteiger partial charge in [0, 0.05) is 24.2 Å². The Kier molecular flexibility index (Phi) is 4.73. The molecule has 3 aromatic heterocycles. The number of sulfonamides is 1. The van der Waals surface area contributed by atoms with Crippen molar-refractivity contribution in [2.24, 2.45) is 0 Å². The number of carbonyl (C=O) groups excluding carboxylic acids is 1. The van der Waals surface area contributed by atoms with Gasteiger partial charge in [-0.15, -0.1) is 0 Å². The van der Waals surface area contributed by atoms with Gasteiger partial charge in [0.15, 0.2) is 0 Å². The highest BCUT2D eigenvalue weighted by atomic mass is 32.2. The number of fused-ring (bicyclic) bond motifs is 2. The fourth-order valence-electron chi connectivity index (χ4n) is 4.80. The summed E-state index contributed by atoms with van der Waals surface area (Å²) in [6, 6.07) is 7.53. The van der Waals surface area contributed by atoms with Crippen LogP contribution < -0.4 is 10.0 Å². The van der Waals surface area contributed by atoms with Crippen LogP contribution >= 0.6 is 0 Å². The Morgan fingerprint density at radius 1 is 1.15 bits per heavy atom. The van der Waals surface area contributed by atoms with Gasteiger partial charge in [-0.25, -0.2) is 22.4 Å². The number of carbonyl (C=O) groups is 1. The second-order valence-corrected chi connectivity index (χ2v) is 10.7. The van der Waals surface area contributed by atoms with Crippen LogP contribution in [0.3, 0.4) is 0 Å². The first kappa shape index (κ1) is 20.9. The van der Waals surface area contributed by atoms with Crippen molar-refractivity contribution in [1.29, 1.82) is 0 Å². The molecule has 4 aromatic rings. The van der Waals surface area contributed by atoms with E-state index in [1.165, 1.54) is 18.0 Å². The summed E-state index contributed by atoms with van der Waals surface area (Å²) in [6.07, 6.45) is 11.1. The quantitative estimate of drug-likeness (QED) is 0.455. The molecule has 1 fully saturated rings. The van der Waals surface area contributed by atoms with Gasteiger partial charge in [0.25, 0.3) is 10.0 Å². The van der Waals surface area contributed by atoms with E-state index in [1.807, 2.05) is 31.3 Å². The van der Waals surface area contributed by atoms with Gasteiger partial charge in [-0.05, 0) is 79.5 Å². The number of rotatable bonds is 5. The highest BCUT2D eigenvalue weighted by molar-refractivity contribution is 7.90. The number of benzene rings is 1. The maximum absolute atomic E-state index is 13.0. The second kappa shape index (κ2) is 7.69. The SMILES string of the molecule is Cc1cc2c(c(NC(=O)NS(=O)(=O)c3cnn(C4CC4)c3)c1-c1ccn3nccc3c1)CCC2. The van der Waals surface area contributed by atoms with Crippen LogP contribution in [-0.4, -0.2) is 33.8 Å². The first-order chi connectivity index (χ1) is 16.4. The maximum Gasteiger partial charge on any atom is 0.333 e. The zero-order chi connectivity index (χ0) is 23.4. The van der Waals surface area contributed by atoms with Crippen LogP contribution in [0.25, 0.3) is 16.6 Å². The van der Waals surface area contributed by atoms with Gasteiger partial charge < -0.3 is 5.32 Å². The van der Waals surface area contributed by atoms with Crippen molar-refractivity contribution in [2.75, 3.05) is 5.32 Å². The number of hydrogen-bond acceptors (Lipinski definition) is 5. The molecule has 2 aliphatic carbocycles. The minimum absolute atomic E-state index is 0.0181. The Hall–Kier alpha value is -3.66. The Labute approximate surface area is 196 Å². The van der Waals surface area contributed by atoms with Crippen molar-refractivity contribution >= 4 is 27.3 Å². The lowest BCUT2D eigenvalue weighted by molar-refractivity contribution is 0.256. The summed E-state index contributed by atoms with van der Waals surface area (Å²) in [7, 11) is -4.04. The third-order valence-electron chi connectivity index (χ3n) is 6.56. The van der Waals surface area contributed by atoms with Gasteiger partial charge in [-0.1, -0.05) is 6.07 Å². The van der Waals surface area contributed by atoms with E-state index in [2.05, 4.69) is 26.3 Å². The number of pyridine rings is 1. The van der Waals surface area contributed by atoms with Gasteiger partial charge >= 0.3 is 6.03 Å². The van der Waals surface area contributed by atoms with Gasteiger partial charge in [0.05, 0.1) is 23.4 Å². The van der Waals surface area contributed by atoms with Crippen molar-refractivity contribution in [2.45, 2.75) is 50.0 Å². The number of anilines is 1. The number of urea groups is 1. The second-order valence-electron chi connectivity index (χ2n) is 9.00. The molecular formula is C24H24N6O3S. The Bertz CT molecular complexity index is 1550. The Morgan fingerprint density at radius 2 is 2.00 bits per heavy atom. The number of aromatic nitrogens is 4. The molecule has 0 spiro atoms. The number of aryl methyl sites for hydroxylation is 2. The molecule has 0 saturated heterocycles. The van der Waals surface area contributed by atoms with Crippen molar-refractivity contribution in [3.05, 3.63) is 65.7 Å². The van der Waals surface area contributed by atoms with Crippen LogP contribution in [0.2, 0.25) is 0 Å². The highest BCUT2D eigenvalue weighted by Gasteiger charge is 2.28. The van der Waals surface area contributed by atoms with E-state index in [0.717, 1.165) is 59.9 Å². The fourth-order valence-corrected chi connectivity index (χ4v) is 5.64. The zero-order valence-electron chi connectivity index (χ0n) is 18.7. The topological polar surface area (TPSA) is 110 Å². The van der Waals surface area contributed by atoms with E-state index in [-0.39, 0.29) is 10.9 Å². The summed E-state index contributed by atoms with van der Waals surface area (Å²) in [5.74, 6) is 0. The lowest BCUT2D eigenvalue weighted by Crippen LogP contribution is -2.34. The van der Waals surface area contributed by atoms with Crippen LogP contribution in [0.15, 0.2) is 53.9 Å². The van der Waals surface area contributed by atoms with Crippen LogP contribution in [0.5, 0.6) is 0 Å². The van der Waals surface area contributed by atoms with Crippen LogP contribution in [-0.2, 0) is 22.9 Å². The summed E-state index contributed by atoms with van der Waals surface area (Å²) >= 11 is 0. The van der Waals surface area contributed by atoms with Gasteiger partial charge in [-0.2, -0.15) is 10.2 Å². The summed E-state index contributed by atoms with van der Waals surface area (Å²) in [6.45, 7) is 2.01. The van der Waals surface area contributed by atoms with Gasteiger partial charge in [0.2, 0.25) is 0 Å². The third-order valence-corrected chi connectivity index (χ3v) is 7.85. The molecular weight excluding hydrogens is 452 g/mol. The zero-order valence-corrected chi connectivity index (χ0v) is 19.5. The van der Waals surface area contributed by atoms with E-state index >= 15 is 0 Å². The normalized spacial score (nSPS) is 15.4. The minimum atomic E-state index is -4.04. The van der Waals surface area contributed by atoms with E-state index in [9.17, 15) is 13.2 Å². The largest absolute Gasteiger partial charge is 0.333 e. The molecule has 9 nitrogen and oxygen atoms in total. The standard InChI is InChI=1S/C24H24N6O3S/c1-15-11-16-3-2-4-21(16)23(22(15)17-8-10-29-19(12-17)7-9-25-29)27-24(31)28-34(32,33)20-13-26-30(14-20)18-5-6-18/h7-14,18H,2-6H2,1H3,(H2,27,28,31). The number of nitrogens with one attached hydrogen (secondary N) is 2. The van der Waals surface area contributed by atoms with E-state index < -0.39 is 16.1 Å². The number of hydrogen-bond donors (Lipinski definition) is 2. The summed E-state index contributed by atoms with van der Waals surface area (Å²) in [4.78, 5) is 13.0. The molecule has 0 unspecified atom stereocenters. The molecule has 2 amide bonds. The van der Waals surface area contributed by atoms with E-state index in [0.29, 0.717) is 5.69 Å². The first-order valence-corrected chi connectivity index (χ1v) is 12.8.